The van der Waals surface area contributed by atoms with Gasteiger partial charge in [0.25, 0.3) is 0 Å². The van der Waals surface area contributed by atoms with E-state index >= 15 is 0 Å². The lowest BCUT2D eigenvalue weighted by Gasteiger charge is -2.39. The summed E-state index contributed by atoms with van der Waals surface area (Å²) in [7, 11) is 2.91. The van der Waals surface area contributed by atoms with Crippen LogP contribution in [0.15, 0.2) is 36.4 Å². The topological polar surface area (TPSA) is 158 Å². The van der Waals surface area contributed by atoms with Gasteiger partial charge in [-0.05, 0) is 67.0 Å². The summed E-state index contributed by atoms with van der Waals surface area (Å²) in [4.78, 5) is 0. The van der Waals surface area contributed by atoms with Gasteiger partial charge in [0.05, 0.1) is 26.9 Å². The number of aromatic hydroxyl groups is 2. The molecule has 1 saturated heterocycles. The SMILES string of the molecule is COc1cc(C[C@@H](CO)[C@H](CO[C@@H]2O[C@@H](C)[C@H](O)[C@@H](O)[C@H]2O)Cc2ccc(O)c(OC)c2)ccc1O. The number of phenolic OH excluding ortho intramolecular Hbond substituents is 2. The highest BCUT2D eigenvalue weighted by Crippen LogP contribution is 2.32. The Kier molecular flexibility index (Phi) is 9.77. The van der Waals surface area contributed by atoms with Gasteiger partial charge in [0.2, 0.25) is 0 Å². The first-order valence-electron chi connectivity index (χ1n) is 11.8. The number of hydrogen-bond acceptors (Lipinski definition) is 10. The predicted molar refractivity (Wildman–Crippen MR) is 129 cm³/mol. The van der Waals surface area contributed by atoms with Gasteiger partial charge in [-0.2, -0.15) is 0 Å². The van der Waals surface area contributed by atoms with Gasteiger partial charge in [-0.1, -0.05) is 12.1 Å². The van der Waals surface area contributed by atoms with Crippen molar-refractivity contribution in [3.63, 3.8) is 0 Å². The molecule has 0 radical (unpaired) electrons. The van der Waals surface area contributed by atoms with E-state index < -0.39 is 30.7 Å². The molecular weight excluding hydrogens is 472 g/mol. The first kappa shape index (κ1) is 28.0. The zero-order valence-electron chi connectivity index (χ0n) is 20.7. The highest BCUT2D eigenvalue weighted by Gasteiger charge is 2.42. The molecule has 0 bridgehead atoms. The smallest absolute Gasteiger partial charge is 0.186 e. The van der Waals surface area contributed by atoms with Gasteiger partial charge in [-0.3, -0.25) is 0 Å². The molecular formula is C26H36O10. The van der Waals surface area contributed by atoms with E-state index in [1.807, 2.05) is 0 Å². The Morgan fingerprint density at radius 2 is 1.33 bits per heavy atom. The van der Waals surface area contributed by atoms with Crippen LogP contribution in [0.1, 0.15) is 18.1 Å². The van der Waals surface area contributed by atoms with Crippen molar-refractivity contribution in [1.82, 2.24) is 0 Å². The van der Waals surface area contributed by atoms with Crippen molar-refractivity contribution in [3.8, 4) is 23.0 Å². The summed E-state index contributed by atoms with van der Waals surface area (Å²) in [6.07, 6.45) is -5.15. The normalized spacial score (nSPS) is 25.8. The van der Waals surface area contributed by atoms with Gasteiger partial charge >= 0.3 is 0 Å². The largest absolute Gasteiger partial charge is 0.504 e. The van der Waals surface area contributed by atoms with Crippen LogP contribution in [0.5, 0.6) is 23.0 Å². The van der Waals surface area contributed by atoms with Crippen LogP contribution < -0.4 is 9.47 Å². The van der Waals surface area contributed by atoms with Gasteiger partial charge < -0.3 is 49.6 Å². The Labute approximate surface area is 210 Å². The van der Waals surface area contributed by atoms with Crippen molar-refractivity contribution in [3.05, 3.63) is 47.5 Å². The number of aliphatic hydroxyl groups is 4. The molecule has 1 aliphatic rings. The van der Waals surface area contributed by atoms with E-state index in [1.54, 1.807) is 31.2 Å². The fourth-order valence-electron chi connectivity index (χ4n) is 4.42. The first-order chi connectivity index (χ1) is 17.2. The second kappa shape index (κ2) is 12.6. The Balaban J connectivity index is 1.83. The predicted octanol–water partition coefficient (Wildman–Crippen LogP) is 0.969. The molecule has 3 rings (SSSR count). The molecule has 7 atom stereocenters. The van der Waals surface area contributed by atoms with E-state index in [0.717, 1.165) is 11.1 Å². The summed E-state index contributed by atoms with van der Waals surface area (Å²) < 4.78 is 21.9. The lowest BCUT2D eigenvalue weighted by atomic mass is 9.83. The van der Waals surface area contributed by atoms with Gasteiger partial charge in [0.1, 0.15) is 18.3 Å². The van der Waals surface area contributed by atoms with Gasteiger partial charge in [-0.25, -0.2) is 0 Å². The zero-order valence-corrected chi connectivity index (χ0v) is 20.7. The van der Waals surface area contributed by atoms with Gasteiger partial charge in [0, 0.05) is 6.61 Å². The summed E-state index contributed by atoms with van der Waals surface area (Å²) in [5, 5.41) is 60.6. The van der Waals surface area contributed by atoms with E-state index in [1.165, 1.54) is 26.4 Å². The number of phenols is 2. The summed E-state index contributed by atoms with van der Waals surface area (Å²) in [6.45, 7) is 1.45. The molecule has 0 unspecified atom stereocenters. The molecule has 1 fully saturated rings. The fourth-order valence-corrected chi connectivity index (χ4v) is 4.42. The van der Waals surface area contributed by atoms with Crippen LogP contribution in [0.4, 0.5) is 0 Å². The summed E-state index contributed by atoms with van der Waals surface area (Å²) in [6, 6.07) is 9.95. The third-order valence-electron chi connectivity index (χ3n) is 6.67. The highest BCUT2D eigenvalue weighted by atomic mass is 16.7. The van der Waals surface area contributed by atoms with Crippen molar-refractivity contribution in [2.75, 3.05) is 27.4 Å². The second-order valence-corrected chi connectivity index (χ2v) is 9.14. The van der Waals surface area contributed by atoms with Crippen LogP contribution in [0.2, 0.25) is 0 Å². The summed E-state index contributed by atoms with van der Waals surface area (Å²) in [5.41, 5.74) is 1.66. The van der Waals surface area contributed by atoms with E-state index in [2.05, 4.69) is 0 Å². The van der Waals surface area contributed by atoms with Crippen molar-refractivity contribution in [2.24, 2.45) is 11.8 Å². The van der Waals surface area contributed by atoms with Crippen LogP contribution in [-0.2, 0) is 22.3 Å². The highest BCUT2D eigenvalue weighted by molar-refractivity contribution is 5.43. The fraction of sp³-hybridized carbons (Fsp3) is 0.538. The molecule has 2 aromatic rings. The van der Waals surface area contributed by atoms with Crippen molar-refractivity contribution in [2.45, 2.75) is 50.5 Å². The molecule has 0 amide bonds. The Morgan fingerprint density at radius 1 is 0.806 bits per heavy atom. The minimum atomic E-state index is -1.44. The molecule has 2 aromatic carbocycles. The number of hydrogen-bond donors (Lipinski definition) is 6. The number of ether oxygens (including phenoxy) is 4. The maximum Gasteiger partial charge on any atom is 0.186 e. The van der Waals surface area contributed by atoms with Crippen LogP contribution in [0.25, 0.3) is 0 Å². The minimum absolute atomic E-state index is 0.00390. The number of methoxy groups -OCH3 is 2. The lowest BCUT2D eigenvalue weighted by molar-refractivity contribution is -0.296. The van der Waals surface area contributed by atoms with Gasteiger partial charge in [-0.15, -0.1) is 0 Å². The number of benzene rings is 2. The second-order valence-electron chi connectivity index (χ2n) is 9.14. The molecule has 0 aromatic heterocycles. The molecule has 10 heteroatoms. The van der Waals surface area contributed by atoms with E-state index in [9.17, 15) is 30.6 Å². The van der Waals surface area contributed by atoms with Crippen LogP contribution >= 0.6 is 0 Å². The molecule has 1 aliphatic heterocycles. The number of aliphatic hydroxyl groups excluding tert-OH is 4. The van der Waals surface area contributed by atoms with Crippen LogP contribution in [0.3, 0.4) is 0 Å². The monoisotopic (exact) mass is 508 g/mol. The van der Waals surface area contributed by atoms with E-state index in [-0.39, 0.29) is 36.5 Å². The van der Waals surface area contributed by atoms with E-state index in [0.29, 0.717) is 24.3 Å². The first-order valence-corrected chi connectivity index (χ1v) is 11.8. The summed E-state index contributed by atoms with van der Waals surface area (Å²) in [5.74, 6) is 0.0423. The van der Waals surface area contributed by atoms with Crippen molar-refractivity contribution >= 4 is 0 Å². The standard InChI is InChI=1S/C26H36O10/c1-14-23(30)24(31)25(32)26(36-14)35-13-18(9-16-5-7-20(29)22(11-16)34-3)17(12-27)8-15-4-6-19(28)21(10-15)33-2/h4-7,10-11,14,17-18,23-32H,8-9,12-13H2,1-3H3/t14-,17-,18-,23-,24+,25+,26+/m0/s1. The molecule has 0 spiro atoms. The quantitative estimate of drug-likeness (QED) is 0.258. The lowest BCUT2D eigenvalue weighted by Crippen LogP contribution is -2.57. The Hall–Kier alpha value is -2.60. The third kappa shape index (κ3) is 6.58. The molecule has 1 heterocycles. The molecule has 10 nitrogen and oxygen atoms in total. The summed E-state index contributed by atoms with van der Waals surface area (Å²) >= 11 is 0. The maximum atomic E-state index is 10.4. The molecule has 200 valence electrons. The van der Waals surface area contributed by atoms with E-state index in [4.69, 9.17) is 18.9 Å². The molecule has 6 N–H and O–H groups in total. The Bertz CT molecular complexity index is 983. The zero-order chi connectivity index (χ0) is 26.4. The molecule has 0 saturated carbocycles. The average molecular weight is 509 g/mol. The number of rotatable bonds is 11. The Morgan fingerprint density at radius 3 is 1.83 bits per heavy atom. The van der Waals surface area contributed by atoms with Crippen LogP contribution in [0, 0.1) is 11.8 Å². The molecule has 0 aliphatic carbocycles. The van der Waals surface area contributed by atoms with Gasteiger partial charge in [0.15, 0.2) is 29.3 Å². The third-order valence-corrected chi connectivity index (χ3v) is 6.67. The van der Waals surface area contributed by atoms with Crippen LogP contribution in [-0.4, -0.2) is 88.8 Å². The minimum Gasteiger partial charge on any atom is -0.504 e. The maximum absolute atomic E-state index is 10.4. The molecule has 36 heavy (non-hydrogen) atoms. The van der Waals surface area contributed by atoms with Crippen molar-refractivity contribution < 1.29 is 49.6 Å². The average Bonchev–Trinajstić information content (AvgIpc) is 2.88. The van der Waals surface area contributed by atoms with Crippen molar-refractivity contribution in [1.29, 1.82) is 0 Å².